The minimum absolute atomic E-state index is 0.0970. The van der Waals surface area contributed by atoms with Crippen molar-refractivity contribution in [3.8, 4) is 6.01 Å². The molecule has 0 fully saturated rings. The van der Waals surface area contributed by atoms with Gasteiger partial charge in [0.05, 0.1) is 12.7 Å². The Hall–Kier alpha value is -1.63. The number of hydrogen-bond donors (Lipinski definition) is 2. The second-order valence-corrected chi connectivity index (χ2v) is 4.01. The molecule has 1 aromatic heterocycles. The first kappa shape index (κ1) is 15.4. The molecule has 1 rings (SSSR count). The maximum atomic E-state index is 5.43. The number of nitrogens with one attached hydrogen (secondary N) is 2. The van der Waals surface area contributed by atoms with Gasteiger partial charge < -0.3 is 20.1 Å². The van der Waals surface area contributed by atoms with Crippen molar-refractivity contribution in [2.24, 2.45) is 0 Å². The lowest BCUT2D eigenvalue weighted by Gasteiger charge is -2.13. The molecule has 1 heterocycles. The van der Waals surface area contributed by atoms with Gasteiger partial charge in [0.25, 0.3) is 0 Å². The van der Waals surface area contributed by atoms with Gasteiger partial charge in [0.1, 0.15) is 0 Å². The summed E-state index contributed by atoms with van der Waals surface area (Å²) < 4.78 is 10.9. The summed E-state index contributed by atoms with van der Waals surface area (Å²) in [5.41, 5.74) is 0. The molecule has 0 saturated carbocycles. The molecule has 0 radical (unpaired) electrons. The van der Waals surface area contributed by atoms with Crippen molar-refractivity contribution < 1.29 is 9.47 Å². The van der Waals surface area contributed by atoms with Crippen molar-refractivity contribution >= 4 is 11.9 Å². The van der Waals surface area contributed by atoms with Gasteiger partial charge in [-0.1, -0.05) is 6.92 Å². The Morgan fingerprint density at radius 2 is 1.89 bits per heavy atom. The second-order valence-electron chi connectivity index (χ2n) is 4.01. The zero-order valence-corrected chi connectivity index (χ0v) is 12.1. The Morgan fingerprint density at radius 1 is 1.16 bits per heavy atom. The number of rotatable bonds is 9. The van der Waals surface area contributed by atoms with Crippen LogP contribution in [0.25, 0.3) is 0 Å². The lowest BCUT2D eigenvalue weighted by molar-refractivity contribution is 0.0854. The van der Waals surface area contributed by atoms with Gasteiger partial charge in [-0.25, -0.2) is 0 Å². The van der Waals surface area contributed by atoms with E-state index in [9.17, 15) is 0 Å². The molecule has 0 amide bonds. The molecule has 0 aliphatic carbocycles. The van der Waals surface area contributed by atoms with E-state index in [0.29, 0.717) is 37.7 Å². The van der Waals surface area contributed by atoms with Crippen molar-refractivity contribution in [2.45, 2.75) is 33.3 Å². The Kier molecular flexibility index (Phi) is 6.88. The molecule has 1 atom stereocenters. The van der Waals surface area contributed by atoms with Gasteiger partial charge in [-0.15, -0.1) is 0 Å². The van der Waals surface area contributed by atoms with E-state index in [4.69, 9.17) is 9.47 Å². The topological polar surface area (TPSA) is 81.2 Å². The van der Waals surface area contributed by atoms with Gasteiger partial charge in [-0.05, 0) is 20.3 Å². The molecule has 0 aromatic carbocycles. The maximum absolute atomic E-state index is 5.43. The summed E-state index contributed by atoms with van der Waals surface area (Å²) in [5.74, 6) is 0.963. The fourth-order valence-electron chi connectivity index (χ4n) is 1.38. The highest BCUT2D eigenvalue weighted by molar-refractivity contribution is 5.35. The molecule has 2 N–H and O–H groups in total. The standard InChI is InChI=1S/C12H23N5O2/c1-5-7-19-12-16-10(13-4)15-11(17-12)14-8-9(3)18-6-2/h9H,5-8H2,1-4H3,(H2,13,14,15,16,17). The maximum Gasteiger partial charge on any atom is 0.323 e. The normalized spacial score (nSPS) is 12.0. The zero-order valence-electron chi connectivity index (χ0n) is 12.1. The molecule has 0 spiro atoms. The highest BCUT2D eigenvalue weighted by Gasteiger charge is 2.08. The molecular weight excluding hydrogens is 246 g/mol. The van der Waals surface area contributed by atoms with Crippen LogP contribution in [0, 0.1) is 0 Å². The van der Waals surface area contributed by atoms with Crippen LogP contribution in [-0.4, -0.2) is 47.9 Å². The predicted molar refractivity (Wildman–Crippen MR) is 74.7 cm³/mol. The fourth-order valence-corrected chi connectivity index (χ4v) is 1.38. The predicted octanol–water partition coefficient (Wildman–Crippen LogP) is 1.54. The van der Waals surface area contributed by atoms with Crippen molar-refractivity contribution in [2.75, 3.05) is 37.4 Å². The summed E-state index contributed by atoms with van der Waals surface area (Å²) in [5, 5.41) is 6.00. The Labute approximate surface area is 114 Å². The minimum atomic E-state index is 0.0970. The molecule has 0 aliphatic rings. The first-order chi connectivity index (χ1) is 9.19. The SMILES string of the molecule is CCCOc1nc(NC)nc(NCC(C)OCC)n1. The highest BCUT2D eigenvalue weighted by Crippen LogP contribution is 2.11. The molecule has 7 nitrogen and oxygen atoms in total. The smallest absolute Gasteiger partial charge is 0.323 e. The van der Waals surface area contributed by atoms with Gasteiger partial charge >= 0.3 is 6.01 Å². The van der Waals surface area contributed by atoms with Gasteiger partial charge in [0, 0.05) is 20.2 Å². The van der Waals surface area contributed by atoms with Crippen molar-refractivity contribution in [3.05, 3.63) is 0 Å². The van der Waals surface area contributed by atoms with E-state index in [1.165, 1.54) is 0 Å². The van der Waals surface area contributed by atoms with Crippen LogP contribution >= 0.6 is 0 Å². The minimum Gasteiger partial charge on any atom is -0.463 e. The van der Waals surface area contributed by atoms with Crippen molar-refractivity contribution in [1.82, 2.24) is 15.0 Å². The van der Waals surface area contributed by atoms with Crippen LogP contribution in [0.2, 0.25) is 0 Å². The molecule has 1 unspecified atom stereocenters. The van der Waals surface area contributed by atoms with Gasteiger partial charge in [-0.2, -0.15) is 15.0 Å². The van der Waals surface area contributed by atoms with Crippen LogP contribution in [0.5, 0.6) is 6.01 Å². The van der Waals surface area contributed by atoms with Crippen LogP contribution in [-0.2, 0) is 4.74 Å². The van der Waals surface area contributed by atoms with Crippen molar-refractivity contribution in [3.63, 3.8) is 0 Å². The summed E-state index contributed by atoms with van der Waals surface area (Å²) in [6.45, 7) is 7.90. The zero-order chi connectivity index (χ0) is 14.1. The second kappa shape index (κ2) is 8.47. The fraction of sp³-hybridized carbons (Fsp3) is 0.750. The van der Waals surface area contributed by atoms with Gasteiger partial charge in [0.2, 0.25) is 11.9 Å². The Bertz CT molecular complexity index is 375. The summed E-state index contributed by atoms with van der Waals surface area (Å²) in [7, 11) is 1.76. The molecule has 19 heavy (non-hydrogen) atoms. The number of ether oxygens (including phenoxy) is 2. The van der Waals surface area contributed by atoms with Crippen LogP contribution in [0.3, 0.4) is 0 Å². The van der Waals surface area contributed by atoms with Crippen molar-refractivity contribution in [1.29, 1.82) is 0 Å². The van der Waals surface area contributed by atoms with E-state index >= 15 is 0 Å². The number of aromatic nitrogens is 3. The highest BCUT2D eigenvalue weighted by atomic mass is 16.5. The molecule has 108 valence electrons. The molecule has 7 heteroatoms. The number of hydrogen-bond acceptors (Lipinski definition) is 7. The first-order valence-electron chi connectivity index (χ1n) is 6.61. The third kappa shape index (κ3) is 5.69. The third-order valence-electron chi connectivity index (χ3n) is 2.27. The average molecular weight is 269 g/mol. The lowest BCUT2D eigenvalue weighted by atomic mass is 10.4. The monoisotopic (exact) mass is 269 g/mol. The average Bonchev–Trinajstić information content (AvgIpc) is 2.43. The Morgan fingerprint density at radius 3 is 2.53 bits per heavy atom. The molecule has 0 bridgehead atoms. The number of nitrogens with zero attached hydrogens (tertiary/aromatic N) is 3. The summed E-state index contributed by atoms with van der Waals surface area (Å²) in [4.78, 5) is 12.5. The van der Waals surface area contributed by atoms with E-state index in [2.05, 4.69) is 25.6 Å². The first-order valence-corrected chi connectivity index (χ1v) is 6.61. The van der Waals surface area contributed by atoms with E-state index in [1.807, 2.05) is 20.8 Å². The van der Waals surface area contributed by atoms with E-state index in [1.54, 1.807) is 7.05 Å². The third-order valence-corrected chi connectivity index (χ3v) is 2.27. The van der Waals surface area contributed by atoms with Crippen LogP contribution in [0.1, 0.15) is 27.2 Å². The van der Waals surface area contributed by atoms with E-state index in [-0.39, 0.29) is 6.10 Å². The summed E-state index contributed by atoms with van der Waals surface area (Å²) in [6, 6.07) is 0.327. The van der Waals surface area contributed by atoms with Gasteiger partial charge in [-0.3, -0.25) is 0 Å². The van der Waals surface area contributed by atoms with Crippen LogP contribution < -0.4 is 15.4 Å². The van der Waals surface area contributed by atoms with Gasteiger partial charge in [0.15, 0.2) is 0 Å². The molecular formula is C12H23N5O2. The molecule has 0 aliphatic heterocycles. The molecule has 0 saturated heterocycles. The number of anilines is 2. The van der Waals surface area contributed by atoms with E-state index < -0.39 is 0 Å². The Balaban J connectivity index is 2.65. The lowest BCUT2D eigenvalue weighted by Crippen LogP contribution is -2.21. The summed E-state index contributed by atoms with van der Waals surface area (Å²) >= 11 is 0. The summed E-state index contributed by atoms with van der Waals surface area (Å²) in [6.07, 6.45) is 1.00. The van der Waals surface area contributed by atoms with Crippen LogP contribution in [0.15, 0.2) is 0 Å². The van der Waals surface area contributed by atoms with E-state index in [0.717, 1.165) is 6.42 Å². The van der Waals surface area contributed by atoms with Crippen LogP contribution in [0.4, 0.5) is 11.9 Å². The quantitative estimate of drug-likeness (QED) is 0.703. The molecule has 1 aromatic rings. The largest absolute Gasteiger partial charge is 0.463 e.